The third-order valence-electron chi connectivity index (χ3n) is 5.45. The molecule has 0 saturated heterocycles. The van der Waals surface area contributed by atoms with Crippen LogP contribution in [0.5, 0.6) is 0 Å². The number of anilines is 1. The highest BCUT2D eigenvalue weighted by Crippen LogP contribution is 2.27. The van der Waals surface area contributed by atoms with E-state index < -0.39 is 20.9 Å². The lowest BCUT2D eigenvalue weighted by Crippen LogP contribution is -2.38. The molecule has 0 spiro atoms. The van der Waals surface area contributed by atoms with Gasteiger partial charge in [-0.15, -0.1) is 0 Å². The molecule has 0 heterocycles. The lowest BCUT2D eigenvalue weighted by molar-refractivity contribution is -0.385. The van der Waals surface area contributed by atoms with Crippen molar-refractivity contribution in [2.75, 3.05) is 12.4 Å². The summed E-state index contributed by atoms with van der Waals surface area (Å²) >= 11 is 5.12. The quantitative estimate of drug-likeness (QED) is 0.370. The van der Waals surface area contributed by atoms with Gasteiger partial charge in [0.05, 0.1) is 9.82 Å². The van der Waals surface area contributed by atoms with Crippen molar-refractivity contribution in [3.8, 4) is 0 Å². The minimum absolute atomic E-state index is 0.0105. The van der Waals surface area contributed by atoms with Crippen molar-refractivity contribution in [2.24, 2.45) is 0 Å². The van der Waals surface area contributed by atoms with Crippen molar-refractivity contribution in [3.63, 3.8) is 0 Å². The predicted molar refractivity (Wildman–Crippen MR) is 125 cm³/mol. The van der Waals surface area contributed by atoms with Crippen LogP contribution in [0, 0.1) is 10.1 Å². The Labute approximate surface area is 192 Å². The fourth-order valence-corrected chi connectivity index (χ4v) is 5.30. The second-order valence-corrected chi connectivity index (χ2v) is 9.93. The maximum atomic E-state index is 12.9. The van der Waals surface area contributed by atoms with Crippen LogP contribution >= 0.6 is 12.2 Å². The van der Waals surface area contributed by atoms with Gasteiger partial charge in [-0.3, -0.25) is 20.2 Å². The minimum Gasteiger partial charge on any atom is -0.332 e. The molecule has 11 heteroatoms. The molecule has 1 saturated carbocycles. The Morgan fingerprint density at radius 3 is 2.34 bits per heavy atom. The summed E-state index contributed by atoms with van der Waals surface area (Å²) < 4.78 is 27.3. The van der Waals surface area contributed by atoms with E-state index in [1.807, 2.05) is 0 Å². The fraction of sp³-hybridized carbons (Fsp3) is 0.333. The molecule has 0 aliphatic heterocycles. The van der Waals surface area contributed by atoms with Gasteiger partial charge in [-0.1, -0.05) is 31.4 Å². The summed E-state index contributed by atoms with van der Waals surface area (Å²) in [5.41, 5.74) is 0.0235. The smallest absolute Gasteiger partial charge is 0.282 e. The van der Waals surface area contributed by atoms with Gasteiger partial charge in [0.1, 0.15) is 5.56 Å². The van der Waals surface area contributed by atoms with Crippen molar-refractivity contribution < 1.29 is 18.1 Å². The average Bonchev–Trinajstić information content (AvgIpc) is 2.79. The van der Waals surface area contributed by atoms with E-state index in [9.17, 15) is 23.3 Å². The molecule has 2 N–H and O–H groups in total. The summed E-state index contributed by atoms with van der Waals surface area (Å²) in [5.74, 6) is -0.719. The fourth-order valence-electron chi connectivity index (χ4n) is 3.68. The number of nitro groups is 1. The maximum Gasteiger partial charge on any atom is 0.282 e. The number of carbonyl (C=O) groups excluding carboxylic acids is 1. The molecule has 1 fully saturated rings. The Hall–Kier alpha value is -2.89. The number of amides is 1. The number of hydrogen-bond acceptors (Lipinski definition) is 6. The van der Waals surface area contributed by atoms with Crippen molar-refractivity contribution in [3.05, 3.63) is 64.2 Å². The lowest BCUT2D eigenvalue weighted by Gasteiger charge is -2.30. The van der Waals surface area contributed by atoms with E-state index in [1.54, 1.807) is 19.2 Å². The highest BCUT2D eigenvalue weighted by Gasteiger charge is 2.29. The van der Waals surface area contributed by atoms with Crippen LogP contribution in [0.4, 0.5) is 11.4 Å². The van der Waals surface area contributed by atoms with E-state index in [4.69, 9.17) is 12.2 Å². The van der Waals surface area contributed by atoms with Crippen LogP contribution in [0.25, 0.3) is 0 Å². The average molecular weight is 477 g/mol. The van der Waals surface area contributed by atoms with Gasteiger partial charge in [0, 0.05) is 24.8 Å². The first-order valence-corrected chi connectivity index (χ1v) is 12.0. The molecular formula is C21H24N4O5S2. The van der Waals surface area contributed by atoms with Crippen LogP contribution in [0.15, 0.2) is 53.4 Å². The SMILES string of the molecule is CN(C1CCCCC1)S(=O)(=O)c1ccc(NC(=S)NC(=O)c2ccccc2[N+](=O)[O-])cc1. The summed E-state index contributed by atoms with van der Waals surface area (Å²) in [4.78, 5) is 23.0. The largest absolute Gasteiger partial charge is 0.332 e. The van der Waals surface area contributed by atoms with Gasteiger partial charge in [0.25, 0.3) is 11.6 Å². The van der Waals surface area contributed by atoms with Crippen LogP contribution in [0.3, 0.4) is 0 Å². The molecule has 1 amide bonds. The number of para-hydroxylation sites is 1. The van der Waals surface area contributed by atoms with E-state index in [0.29, 0.717) is 5.69 Å². The standard InChI is InChI=1S/C21H24N4O5S2/c1-24(16-7-3-2-4-8-16)32(29,30)17-13-11-15(12-14-17)22-21(31)23-20(26)18-9-5-6-10-19(18)25(27)28/h5-6,9-14,16H,2-4,7-8H2,1H3,(H2,22,23,26,31). The van der Waals surface area contributed by atoms with Gasteiger partial charge in [0.15, 0.2) is 5.11 Å². The Bertz CT molecular complexity index is 1110. The van der Waals surface area contributed by atoms with Gasteiger partial charge in [-0.05, 0) is 55.4 Å². The number of rotatable bonds is 6. The van der Waals surface area contributed by atoms with E-state index in [1.165, 1.54) is 40.7 Å². The van der Waals surface area contributed by atoms with Crippen molar-refractivity contribution in [2.45, 2.75) is 43.0 Å². The third kappa shape index (κ3) is 5.47. The number of hydrogen-bond donors (Lipinski definition) is 2. The molecule has 2 aromatic rings. The van der Waals surface area contributed by atoms with Crippen molar-refractivity contribution >= 4 is 44.6 Å². The summed E-state index contributed by atoms with van der Waals surface area (Å²) in [6, 6.07) is 11.6. The number of sulfonamides is 1. The normalized spacial score (nSPS) is 14.7. The van der Waals surface area contributed by atoms with Gasteiger partial charge in [-0.2, -0.15) is 4.31 Å². The second kappa shape index (κ2) is 10.2. The molecule has 170 valence electrons. The van der Waals surface area contributed by atoms with Crippen LogP contribution in [-0.2, 0) is 10.0 Å². The van der Waals surface area contributed by atoms with E-state index >= 15 is 0 Å². The Morgan fingerprint density at radius 1 is 1.09 bits per heavy atom. The first-order chi connectivity index (χ1) is 15.2. The summed E-state index contributed by atoms with van der Waals surface area (Å²) in [6.07, 6.45) is 4.93. The van der Waals surface area contributed by atoms with Gasteiger partial charge < -0.3 is 5.32 Å². The first-order valence-electron chi connectivity index (χ1n) is 10.1. The molecule has 0 unspecified atom stereocenters. The summed E-state index contributed by atoms with van der Waals surface area (Å²) in [6.45, 7) is 0. The first kappa shape index (κ1) is 23.8. The molecule has 3 rings (SSSR count). The van der Waals surface area contributed by atoms with Gasteiger partial charge in [0.2, 0.25) is 10.0 Å². The molecule has 0 aromatic heterocycles. The molecule has 0 atom stereocenters. The van der Waals surface area contributed by atoms with Crippen LogP contribution in [0.2, 0.25) is 0 Å². The number of benzene rings is 2. The maximum absolute atomic E-state index is 12.9. The van der Waals surface area contributed by atoms with Crippen LogP contribution < -0.4 is 10.6 Å². The predicted octanol–water partition coefficient (Wildman–Crippen LogP) is 3.67. The number of thiocarbonyl (C=S) groups is 1. The number of nitrogens with one attached hydrogen (secondary N) is 2. The number of nitro benzene ring substituents is 1. The van der Waals surface area contributed by atoms with Crippen molar-refractivity contribution in [1.29, 1.82) is 0 Å². The lowest BCUT2D eigenvalue weighted by atomic mass is 9.96. The zero-order valence-corrected chi connectivity index (χ0v) is 19.1. The minimum atomic E-state index is -3.61. The Kier molecular flexibility index (Phi) is 7.54. The molecule has 2 aromatic carbocycles. The Morgan fingerprint density at radius 2 is 1.72 bits per heavy atom. The molecule has 9 nitrogen and oxygen atoms in total. The van der Waals surface area contributed by atoms with E-state index in [0.717, 1.165) is 32.1 Å². The number of nitrogens with zero attached hydrogens (tertiary/aromatic N) is 2. The topological polar surface area (TPSA) is 122 Å². The zero-order valence-electron chi connectivity index (χ0n) is 17.5. The number of carbonyl (C=O) groups is 1. The van der Waals surface area contributed by atoms with Crippen LogP contribution in [-0.4, -0.2) is 41.8 Å². The highest BCUT2D eigenvalue weighted by molar-refractivity contribution is 7.89. The zero-order chi connectivity index (χ0) is 23.3. The summed E-state index contributed by atoms with van der Waals surface area (Å²) in [7, 11) is -2.00. The molecule has 1 aliphatic carbocycles. The molecule has 32 heavy (non-hydrogen) atoms. The van der Waals surface area contributed by atoms with Gasteiger partial charge in [-0.25, -0.2) is 8.42 Å². The highest BCUT2D eigenvalue weighted by atomic mass is 32.2. The molecule has 1 aliphatic rings. The molecule has 0 bridgehead atoms. The second-order valence-electron chi connectivity index (χ2n) is 7.52. The summed E-state index contributed by atoms with van der Waals surface area (Å²) in [5, 5.41) is 16.2. The molecule has 0 radical (unpaired) electrons. The third-order valence-corrected chi connectivity index (χ3v) is 7.58. The van der Waals surface area contributed by atoms with Gasteiger partial charge >= 0.3 is 0 Å². The Balaban J connectivity index is 1.65. The van der Waals surface area contributed by atoms with E-state index in [2.05, 4.69) is 10.6 Å². The molecular weight excluding hydrogens is 452 g/mol. The van der Waals surface area contributed by atoms with Crippen LogP contribution in [0.1, 0.15) is 42.5 Å². The monoisotopic (exact) mass is 476 g/mol. The van der Waals surface area contributed by atoms with E-state index in [-0.39, 0.29) is 27.3 Å². The van der Waals surface area contributed by atoms with Crippen molar-refractivity contribution in [1.82, 2.24) is 9.62 Å².